The number of nitrogens with two attached hydrogens (primary N) is 1. The van der Waals surface area contributed by atoms with Gasteiger partial charge in [0.05, 0.1) is 12.0 Å². The van der Waals surface area contributed by atoms with Gasteiger partial charge < -0.3 is 10.3 Å². The van der Waals surface area contributed by atoms with Crippen LogP contribution in [0.5, 0.6) is 0 Å². The lowest BCUT2D eigenvalue weighted by Gasteiger charge is -2.04. The third-order valence-corrected chi connectivity index (χ3v) is 3.14. The van der Waals surface area contributed by atoms with E-state index in [0.29, 0.717) is 0 Å². The Morgan fingerprint density at radius 3 is 3.07 bits per heavy atom. The molecule has 1 rings (SSSR count). The van der Waals surface area contributed by atoms with Gasteiger partial charge in [0.25, 0.3) is 0 Å². The first-order valence-electron chi connectivity index (χ1n) is 5.51. The van der Waals surface area contributed by atoms with Crippen LogP contribution in [-0.4, -0.2) is 27.6 Å². The molecule has 0 bridgehead atoms. The van der Waals surface area contributed by atoms with Crippen molar-refractivity contribution < 1.29 is 0 Å². The Balaban J connectivity index is 2.35. The van der Waals surface area contributed by atoms with Gasteiger partial charge in [-0.15, -0.1) is 0 Å². The van der Waals surface area contributed by atoms with E-state index in [1.54, 1.807) is 0 Å². The molecule has 1 heterocycles. The molecular weight excluding hydrogens is 206 g/mol. The summed E-state index contributed by atoms with van der Waals surface area (Å²) >= 11 is 1.89. The highest BCUT2D eigenvalue weighted by atomic mass is 32.2. The monoisotopic (exact) mass is 227 g/mol. The first-order valence-corrected chi connectivity index (χ1v) is 6.90. The highest BCUT2D eigenvalue weighted by Crippen LogP contribution is 2.04. The number of hydrogen-bond acceptors (Lipinski definition) is 3. The van der Waals surface area contributed by atoms with Crippen LogP contribution in [0, 0.1) is 0 Å². The van der Waals surface area contributed by atoms with Crippen LogP contribution in [0.1, 0.15) is 25.5 Å². The van der Waals surface area contributed by atoms with Gasteiger partial charge >= 0.3 is 0 Å². The molecular formula is C11H21N3S. The fourth-order valence-electron chi connectivity index (χ4n) is 1.44. The summed E-state index contributed by atoms with van der Waals surface area (Å²) in [6.45, 7) is 3.18. The number of imidazole rings is 1. The third kappa shape index (κ3) is 4.71. The average molecular weight is 227 g/mol. The van der Waals surface area contributed by atoms with Crippen LogP contribution in [0.4, 0.5) is 0 Å². The summed E-state index contributed by atoms with van der Waals surface area (Å²) in [5.41, 5.74) is 7.00. The van der Waals surface area contributed by atoms with Gasteiger partial charge in [-0.2, -0.15) is 11.8 Å². The van der Waals surface area contributed by atoms with Gasteiger partial charge in [0.2, 0.25) is 0 Å². The van der Waals surface area contributed by atoms with Gasteiger partial charge in [-0.05, 0) is 24.9 Å². The van der Waals surface area contributed by atoms with Crippen LogP contribution in [-0.2, 0) is 13.0 Å². The van der Waals surface area contributed by atoms with Crippen molar-refractivity contribution in [2.45, 2.75) is 38.8 Å². The topological polar surface area (TPSA) is 43.8 Å². The molecule has 3 nitrogen and oxygen atoms in total. The van der Waals surface area contributed by atoms with Crippen LogP contribution >= 0.6 is 11.8 Å². The maximum Gasteiger partial charge on any atom is 0.0949 e. The minimum Gasteiger partial charge on any atom is -0.337 e. The van der Waals surface area contributed by atoms with Crippen molar-refractivity contribution in [1.82, 2.24) is 9.55 Å². The van der Waals surface area contributed by atoms with Crippen molar-refractivity contribution in [3.63, 3.8) is 0 Å². The molecule has 0 saturated heterocycles. The van der Waals surface area contributed by atoms with E-state index in [2.05, 4.69) is 28.9 Å². The number of nitrogens with zero attached hydrogens (tertiary/aromatic N) is 2. The summed E-state index contributed by atoms with van der Waals surface area (Å²) in [7, 11) is 0. The fraction of sp³-hybridized carbons (Fsp3) is 0.727. The van der Waals surface area contributed by atoms with Gasteiger partial charge in [-0.3, -0.25) is 0 Å². The Labute approximate surface area is 96.5 Å². The Morgan fingerprint density at radius 2 is 2.40 bits per heavy atom. The molecule has 1 aromatic heterocycles. The number of thioether (sulfide) groups is 1. The highest BCUT2D eigenvalue weighted by molar-refractivity contribution is 7.98. The first-order chi connectivity index (χ1) is 7.26. The third-order valence-electron chi connectivity index (χ3n) is 2.45. The Kier molecular flexibility index (Phi) is 5.79. The molecule has 0 aliphatic heterocycles. The molecule has 0 spiro atoms. The molecule has 86 valence electrons. The van der Waals surface area contributed by atoms with E-state index in [-0.39, 0.29) is 6.04 Å². The van der Waals surface area contributed by atoms with E-state index in [4.69, 9.17) is 5.73 Å². The second-order valence-corrected chi connectivity index (χ2v) is 4.81. The van der Waals surface area contributed by atoms with Gasteiger partial charge in [0.15, 0.2) is 0 Å². The predicted molar refractivity (Wildman–Crippen MR) is 67.2 cm³/mol. The number of aromatic nitrogens is 2. The van der Waals surface area contributed by atoms with Crippen LogP contribution < -0.4 is 5.73 Å². The zero-order valence-corrected chi connectivity index (χ0v) is 10.5. The van der Waals surface area contributed by atoms with Gasteiger partial charge in [0, 0.05) is 25.2 Å². The number of aryl methyl sites for hydroxylation is 1. The van der Waals surface area contributed by atoms with Gasteiger partial charge in [-0.25, -0.2) is 4.98 Å². The molecule has 1 aromatic rings. The van der Waals surface area contributed by atoms with Crippen molar-refractivity contribution in [2.75, 3.05) is 12.0 Å². The largest absolute Gasteiger partial charge is 0.337 e. The Bertz CT molecular complexity index is 273. The summed E-state index contributed by atoms with van der Waals surface area (Å²) in [6.07, 6.45) is 9.29. The van der Waals surface area contributed by atoms with Crippen molar-refractivity contribution in [2.24, 2.45) is 5.73 Å². The van der Waals surface area contributed by atoms with Crippen LogP contribution in [0.3, 0.4) is 0 Å². The molecule has 0 aliphatic rings. The zero-order chi connectivity index (χ0) is 11.1. The van der Waals surface area contributed by atoms with E-state index >= 15 is 0 Å². The summed E-state index contributed by atoms with van der Waals surface area (Å²) in [5.74, 6) is 1.21. The summed E-state index contributed by atoms with van der Waals surface area (Å²) in [4.78, 5) is 4.36. The molecule has 1 atom stereocenters. The quantitative estimate of drug-likeness (QED) is 0.724. The molecule has 0 radical (unpaired) electrons. The standard InChI is InChI=1S/C11H21N3S/c1-3-10(12)7-11-8-14(9-13-11)5-4-6-15-2/h8-10H,3-7,12H2,1-2H3. The molecule has 0 aliphatic carbocycles. The molecule has 15 heavy (non-hydrogen) atoms. The minimum atomic E-state index is 0.250. The molecule has 1 unspecified atom stereocenters. The van der Waals surface area contributed by atoms with E-state index in [1.165, 1.54) is 12.2 Å². The van der Waals surface area contributed by atoms with Crippen LogP contribution in [0.15, 0.2) is 12.5 Å². The SMILES string of the molecule is CCC(N)Cc1cn(CCCSC)cn1. The predicted octanol–water partition coefficient (Wildman–Crippen LogP) is 1.92. The zero-order valence-electron chi connectivity index (χ0n) is 9.65. The van der Waals surface area contributed by atoms with Crippen LogP contribution in [0.25, 0.3) is 0 Å². The van der Waals surface area contributed by atoms with Crippen molar-refractivity contribution in [1.29, 1.82) is 0 Å². The lowest BCUT2D eigenvalue weighted by molar-refractivity contribution is 0.636. The molecule has 0 amide bonds. The average Bonchev–Trinajstić information content (AvgIpc) is 2.66. The minimum absolute atomic E-state index is 0.250. The van der Waals surface area contributed by atoms with E-state index in [0.717, 1.165) is 25.1 Å². The smallest absolute Gasteiger partial charge is 0.0949 e. The summed E-state index contributed by atoms with van der Waals surface area (Å²) < 4.78 is 2.16. The second-order valence-electron chi connectivity index (χ2n) is 3.82. The van der Waals surface area contributed by atoms with Crippen LogP contribution in [0.2, 0.25) is 0 Å². The molecule has 0 fully saturated rings. The Morgan fingerprint density at radius 1 is 1.60 bits per heavy atom. The van der Waals surface area contributed by atoms with E-state index in [1.807, 2.05) is 18.1 Å². The normalized spacial score (nSPS) is 13.0. The lowest BCUT2D eigenvalue weighted by atomic mass is 10.1. The van der Waals surface area contributed by atoms with E-state index < -0.39 is 0 Å². The van der Waals surface area contributed by atoms with Gasteiger partial charge in [0.1, 0.15) is 0 Å². The first kappa shape index (κ1) is 12.6. The fourth-order valence-corrected chi connectivity index (χ4v) is 1.86. The van der Waals surface area contributed by atoms with Crippen molar-refractivity contribution >= 4 is 11.8 Å². The van der Waals surface area contributed by atoms with Crippen molar-refractivity contribution in [3.05, 3.63) is 18.2 Å². The molecule has 0 saturated carbocycles. The number of rotatable bonds is 7. The highest BCUT2D eigenvalue weighted by Gasteiger charge is 2.04. The summed E-state index contributed by atoms with van der Waals surface area (Å²) in [6, 6.07) is 0.250. The lowest BCUT2D eigenvalue weighted by Crippen LogP contribution is -2.21. The second kappa shape index (κ2) is 6.90. The van der Waals surface area contributed by atoms with E-state index in [9.17, 15) is 0 Å². The molecule has 2 N–H and O–H groups in total. The van der Waals surface area contributed by atoms with Crippen molar-refractivity contribution in [3.8, 4) is 0 Å². The molecule has 0 aromatic carbocycles. The summed E-state index contributed by atoms with van der Waals surface area (Å²) in [5, 5.41) is 0. The number of hydrogen-bond donors (Lipinski definition) is 1. The Hall–Kier alpha value is -0.480. The van der Waals surface area contributed by atoms with Gasteiger partial charge in [-0.1, -0.05) is 6.92 Å². The maximum atomic E-state index is 5.88. The maximum absolute atomic E-state index is 5.88. The molecule has 4 heteroatoms.